The van der Waals surface area contributed by atoms with Crippen molar-refractivity contribution in [1.82, 2.24) is 4.98 Å². The highest BCUT2D eigenvalue weighted by atomic mass is 14.6. The van der Waals surface area contributed by atoms with Gasteiger partial charge in [0.2, 0.25) is 0 Å². The molecule has 2 heteroatoms. The monoisotopic (exact) mass is 186 g/mol. The zero-order valence-corrected chi connectivity index (χ0v) is 8.11. The van der Waals surface area contributed by atoms with E-state index in [0.29, 0.717) is 0 Å². The summed E-state index contributed by atoms with van der Waals surface area (Å²) in [6, 6.07) is 10.5. The minimum Gasteiger partial charge on any atom is -0.330 e. The van der Waals surface area contributed by atoms with E-state index in [1.54, 1.807) is 0 Å². The topological polar surface area (TPSA) is 38.9 Å². The van der Waals surface area contributed by atoms with Gasteiger partial charge in [-0.05, 0) is 37.1 Å². The molecule has 0 saturated heterocycles. The molecule has 0 aliphatic rings. The standard InChI is InChI=1S/C12H14N2/c13-7-1-3-10-5-6-11-4-2-8-14-12(11)9-10/h2,4-6,8-9H,1,3,7,13H2. The van der Waals surface area contributed by atoms with Crippen molar-refractivity contribution in [3.05, 3.63) is 42.1 Å². The van der Waals surface area contributed by atoms with E-state index in [4.69, 9.17) is 5.73 Å². The smallest absolute Gasteiger partial charge is 0.0704 e. The molecule has 0 bridgehead atoms. The molecule has 0 aliphatic carbocycles. The van der Waals surface area contributed by atoms with Crippen LogP contribution in [0.1, 0.15) is 12.0 Å². The van der Waals surface area contributed by atoms with Crippen molar-refractivity contribution in [1.29, 1.82) is 0 Å². The second-order valence-corrected chi connectivity index (χ2v) is 3.42. The molecule has 0 radical (unpaired) electrons. The third-order valence-corrected chi connectivity index (χ3v) is 2.34. The van der Waals surface area contributed by atoms with Gasteiger partial charge < -0.3 is 5.73 Å². The minimum atomic E-state index is 0.750. The number of fused-ring (bicyclic) bond motifs is 1. The van der Waals surface area contributed by atoms with Crippen LogP contribution in [0.5, 0.6) is 0 Å². The molecule has 1 aromatic carbocycles. The lowest BCUT2D eigenvalue weighted by molar-refractivity contribution is 0.833. The molecule has 2 N–H and O–H groups in total. The fraction of sp³-hybridized carbons (Fsp3) is 0.250. The first-order valence-corrected chi connectivity index (χ1v) is 4.94. The van der Waals surface area contributed by atoms with Crippen LogP contribution in [0.3, 0.4) is 0 Å². The molecule has 1 heterocycles. The summed E-state index contributed by atoms with van der Waals surface area (Å²) in [5.74, 6) is 0. The first kappa shape index (κ1) is 9.16. The maximum atomic E-state index is 5.47. The largest absolute Gasteiger partial charge is 0.330 e. The Balaban J connectivity index is 2.32. The van der Waals surface area contributed by atoms with E-state index in [9.17, 15) is 0 Å². The molecule has 0 amide bonds. The van der Waals surface area contributed by atoms with Gasteiger partial charge in [-0.15, -0.1) is 0 Å². The van der Waals surface area contributed by atoms with Crippen molar-refractivity contribution < 1.29 is 0 Å². The Hall–Kier alpha value is -1.41. The van der Waals surface area contributed by atoms with E-state index >= 15 is 0 Å². The lowest BCUT2D eigenvalue weighted by Gasteiger charge is -2.01. The number of nitrogens with two attached hydrogens (primary N) is 1. The summed E-state index contributed by atoms with van der Waals surface area (Å²) in [5.41, 5.74) is 7.87. The van der Waals surface area contributed by atoms with Crippen molar-refractivity contribution in [2.24, 2.45) is 5.73 Å². The van der Waals surface area contributed by atoms with Crippen molar-refractivity contribution in [2.45, 2.75) is 12.8 Å². The summed E-state index contributed by atoms with van der Waals surface area (Å²) in [4.78, 5) is 4.32. The summed E-state index contributed by atoms with van der Waals surface area (Å²) in [7, 11) is 0. The Kier molecular flexibility index (Phi) is 2.75. The Labute approximate surface area is 83.8 Å². The van der Waals surface area contributed by atoms with Crippen LogP contribution >= 0.6 is 0 Å². The predicted octanol–water partition coefficient (Wildman–Crippen LogP) is 2.13. The van der Waals surface area contributed by atoms with E-state index < -0.39 is 0 Å². The number of aromatic nitrogens is 1. The SMILES string of the molecule is NCCCc1ccc2cccnc2c1. The molecule has 0 aliphatic heterocycles. The van der Waals surface area contributed by atoms with E-state index in [1.165, 1.54) is 10.9 Å². The molecule has 0 spiro atoms. The number of pyridine rings is 1. The van der Waals surface area contributed by atoms with Crippen LogP contribution in [-0.4, -0.2) is 11.5 Å². The number of hydrogen-bond donors (Lipinski definition) is 1. The second-order valence-electron chi connectivity index (χ2n) is 3.42. The van der Waals surface area contributed by atoms with Crippen molar-refractivity contribution in [2.75, 3.05) is 6.54 Å². The quantitative estimate of drug-likeness (QED) is 0.797. The number of rotatable bonds is 3. The maximum absolute atomic E-state index is 5.47. The van der Waals surface area contributed by atoms with Crippen LogP contribution < -0.4 is 5.73 Å². The molecule has 0 fully saturated rings. The Morgan fingerprint density at radius 2 is 2.14 bits per heavy atom. The van der Waals surface area contributed by atoms with E-state index in [0.717, 1.165) is 24.9 Å². The van der Waals surface area contributed by atoms with E-state index in [2.05, 4.69) is 29.2 Å². The van der Waals surface area contributed by atoms with Crippen LogP contribution in [0.25, 0.3) is 10.9 Å². The van der Waals surface area contributed by atoms with Crippen molar-refractivity contribution >= 4 is 10.9 Å². The third-order valence-electron chi connectivity index (χ3n) is 2.34. The van der Waals surface area contributed by atoms with Gasteiger partial charge in [0, 0.05) is 11.6 Å². The van der Waals surface area contributed by atoms with Crippen LogP contribution in [0.15, 0.2) is 36.5 Å². The summed E-state index contributed by atoms with van der Waals surface area (Å²) in [6.45, 7) is 0.750. The number of nitrogens with zero attached hydrogens (tertiary/aromatic N) is 1. The molecule has 0 atom stereocenters. The number of aryl methyl sites for hydroxylation is 1. The highest BCUT2D eigenvalue weighted by Gasteiger charge is 1.96. The fourth-order valence-electron chi connectivity index (χ4n) is 1.57. The van der Waals surface area contributed by atoms with Gasteiger partial charge >= 0.3 is 0 Å². The molecular formula is C12H14N2. The normalized spacial score (nSPS) is 10.6. The van der Waals surface area contributed by atoms with Gasteiger partial charge in [0.25, 0.3) is 0 Å². The predicted molar refractivity (Wildman–Crippen MR) is 59.1 cm³/mol. The summed E-state index contributed by atoms with van der Waals surface area (Å²) in [5, 5.41) is 1.20. The summed E-state index contributed by atoms with van der Waals surface area (Å²) in [6.07, 6.45) is 3.91. The first-order chi connectivity index (χ1) is 6.90. The minimum absolute atomic E-state index is 0.750. The number of hydrogen-bond acceptors (Lipinski definition) is 2. The maximum Gasteiger partial charge on any atom is 0.0704 e. The van der Waals surface area contributed by atoms with Gasteiger partial charge in [-0.2, -0.15) is 0 Å². The van der Waals surface area contributed by atoms with E-state index in [1.807, 2.05) is 12.3 Å². The molecule has 0 saturated carbocycles. The average molecular weight is 186 g/mol. The van der Waals surface area contributed by atoms with E-state index in [-0.39, 0.29) is 0 Å². The average Bonchev–Trinajstić information content (AvgIpc) is 2.26. The molecule has 72 valence electrons. The van der Waals surface area contributed by atoms with Crippen LogP contribution in [0.4, 0.5) is 0 Å². The van der Waals surface area contributed by atoms with Crippen LogP contribution in [0.2, 0.25) is 0 Å². The van der Waals surface area contributed by atoms with Crippen molar-refractivity contribution in [3.63, 3.8) is 0 Å². The van der Waals surface area contributed by atoms with Crippen molar-refractivity contribution in [3.8, 4) is 0 Å². The Morgan fingerprint density at radius 3 is 3.00 bits per heavy atom. The second kappa shape index (κ2) is 4.20. The lowest BCUT2D eigenvalue weighted by atomic mass is 10.1. The van der Waals surface area contributed by atoms with Gasteiger partial charge in [-0.25, -0.2) is 0 Å². The highest BCUT2D eigenvalue weighted by molar-refractivity contribution is 5.78. The van der Waals surface area contributed by atoms with Gasteiger partial charge in [0.1, 0.15) is 0 Å². The van der Waals surface area contributed by atoms with Gasteiger partial charge in [0.05, 0.1) is 5.52 Å². The Morgan fingerprint density at radius 1 is 1.21 bits per heavy atom. The molecule has 14 heavy (non-hydrogen) atoms. The van der Waals surface area contributed by atoms with Gasteiger partial charge in [0.15, 0.2) is 0 Å². The number of benzene rings is 1. The van der Waals surface area contributed by atoms with Gasteiger partial charge in [-0.1, -0.05) is 18.2 Å². The third kappa shape index (κ3) is 1.91. The van der Waals surface area contributed by atoms with Gasteiger partial charge in [-0.3, -0.25) is 4.98 Å². The molecular weight excluding hydrogens is 172 g/mol. The van der Waals surface area contributed by atoms with Crippen LogP contribution in [-0.2, 0) is 6.42 Å². The molecule has 2 aromatic rings. The molecule has 2 nitrogen and oxygen atoms in total. The lowest BCUT2D eigenvalue weighted by Crippen LogP contribution is -2.00. The molecule has 1 aromatic heterocycles. The first-order valence-electron chi connectivity index (χ1n) is 4.94. The molecule has 2 rings (SSSR count). The Bertz CT molecular complexity index is 423. The zero-order chi connectivity index (χ0) is 9.80. The zero-order valence-electron chi connectivity index (χ0n) is 8.11. The van der Waals surface area contributed by atoms with Crippen LogP contribution in [0, 0.1) is 0 Å². The highest BCUT2D eigenvalue weighted by Crippen LogP contribution is 2.13. The fourth-order valence-corrected chi connectivity index (χ4v) is 1.57. The summed E-state index contributed by atoms with van der Waals surface area (Å²) >= 11 is 0. The molecule has 0 unspecified atom stereocenters. The summed E-state index contributed by atoms with van der Waals surface area (Å²) < 4.78 is 0.